The van der Waals surface area contributed by atoms with Gasteiger partial charge >= 0.3 is 0 Å². The van der Waals surface area contributed by atoms with Gasteiger partial charge in [0.1, 0.15) is 11.3 Å². The van der Waals surface area contributed by atoms with E-state index in [0.29, 0.717) is 18.9 Å². The number of anilines is 1. The Morgan fingerprint density at radius 2 is 1.95 bits per heavy atom. The highest BCUT2D eigenvalue weighted by atomic mass is 16.7. The lowest BCUT2D eigenvalue weighted by Crippen LogP contribution is -2.49. The molecule has 0 atom stereocenters. The first kappa shape index (κ1) is 12.0. The Labute approximate surface area is 116 Å². The Morgan fingerprint density at radius 3 is 2.85 bits per heavy atom. The van der Waals surface area contributed by atoms with Crippen LogP contribution in [0.25, 0.3) is 11.2 Å². The van der Waals surface area contributed by atoms with E-state index in [1.165, 1.54) is 0 Å². The van der Waals surface area contributed by atoms with E-state index in [9.17, 15) is 0 Å². The van der Waals surface area contributed by atoms with E-state index >= 15 is 0 Å². The third kappa shape index (κ3) is 2.01. The van der Waals surface area contributed by atoms with E-state index in [4.69, 9.17) is 9.47 Å². The predicted molar refractivity (Wildman–Crippen MR) is 73.4 cm³/mol. The lowest BCUT2D eigenvalue weighted by molar-refractivity contribution is -0.161. The van der Waals surface area contributed by atoms with Crippen molar-refractivity contribution in [1.82, 2.24) is 15.0 Å². The van der Waals surface area contributed by atoms with Gasteiger partial charge in [-0.3, -0.25) is 4.98 Å². The highest BCUT2D eigenvalue weighted by molar-refractivity contribution is 5.71. The van der Waals surface area contributed by atoms with E-state index in [2.05, 4.69) is 19.9 Å². The van der Waals surface area contributed by atoms with Gasteiger partial charge in [-0.15, -0.1) is 0 Å². The van der Waals surface area contributed by atoms with Crippen LogP contribution in [0.4, 0.5) is 5.82 Å². The van der Waals surface area contributed by atoms with Gasteiger partial charge in [-0.1, -0.05) is 0 Å². The largest absolute Gasteiger partial charge is 0.351 e. The number of pyridine rings is 1. The number of nitrogens with zero attached hydrogens (tertiary/aromatic N) is 4. The summed E-state index contributed by atoms with van der Waals surface area (Å²) in [5, 5.41) is 0. The summed E-state index contributed by atoms with van der Waals surface area (Å²) in [6.45, 7) is 3.06. The van der Waals surface area contributed by atoms with Crippen LogP contribution in [-0.2, 0) is 9.47 Å². The van der Waals surface area contributed by atoms with Crippen molar-refractivity contribution in [3.63, 3.8) is 0 Å². The summed E-state index contributed by atoms with van der Waals surface area (Å²) in [5.74, 6) is 0.480. The summed E-state index contributed by atoms with van der Waals surface area (Å²) in [7, 11) is 0. The lowest BCUT2D eigenvalue weighted by atomic mass is 10.0. The lowest BCUT2D eigenvalue weighted by Gasteiger charge is -2.39. The third-order valence-corrected chi connectivity index (χ3v) is 3.87. The van der Waals surface area contributed by atoms with Crippen LogP contribution in [0.3, 0.4) is 0 Å². The van der Waals surface area contributed by atoms with Gasteiger partial charge in [0.2, 0.25) is 0 Å². The van der Waals surface area contributed by atoms with Crippen molar-refractivity contribution in [2.45, 2.75) is 18.6 Å². The molecule has 0 aliphatic carbocycles. The number of aromatic nitrogens is 3. The highest BCUT2D eigenvalue weighted by Crippen LogP contribution is 2.32. The zero-order valence-corrected chi connectivity index (χ0v) is 11.2. The second kappa shape index (κ2) is 4.64. The molecular weight excluding hydrogens is 256 g/mol. The van der Waals surface area contributed by atoms with E-state index in [1.807, 2.05) is 12.1 Å². The molecule has 0 aromatic carbocycles. The smallest absolute Gasteiger partial charge is 0.186 e. The van der Waals surface area contributed by atoms with Gasteiger partial charge in [0.25, 0.3) is 0 Å². The van der Waals surface area contributed by atoms with Crippen LogP contribution < -0.4 is 4.90 Å². The Morgan fingerprint density at radius 1 is 1.10 bits per heavy atom. The molecule has 1 spiro atoms. The fourth-order valence-electron chi connectivity index (χ4n) is 2.94. The van der Waals surface area contributed by atoms with E-state index in [1.54, 1.807) is 12.4 Å². The fourth-order valence-corrected chi connectivity index (χ4v) is 2.94. The molecule has 2 aliphatic rings. The molecule has 20 heavy (non-hydrogen) atoms. The minimum atomic E-state index is -0.433. The van der Waals surface area contributed by atoms with Gasteiger partial charge in [-0.05, 0) is 18.6 Å². The van der Waals surface area contributed by atoms with Crippen molar-refractivity contribution in [1.29, 1.82) is 0 Å². The number of hydrogen-bond donors (Lipinski definition) is 0. The van der Waals surface area contributed by atoms with Crippen molar-refractivity contribution in [2.75, 3.05) is 31.2 Å². The molecule has 2 aromatic rings. The maximum atomic E-state index is 5.80. The molecule has 6 heteroatoms. The average Bonchev–Trinajstić information content (AvgIpc) is 2.94. The Hall–Kier alpha value is -1.79. The first-order valence-electron chi connectivity index (χ1n) is 6.95. The molecule has 6 nitrogen and oxygen atoms in total. The zero-order valence-electron chi connectivity index (χ0n) is 11.2. The summed E-state index contributed by atoms with van der Waals surface area (Å²) in [4.78, 5) is 15.3. The Kier molecular flexibility index (Phi) is 2.78. The summed E-state index contributed by atoms with van der Waals surface area (Å²) < 4.78 is 11.6. The van der Waals surface area contributed by atoms with E-state index in [0.717, 1.165) is 37.3 Å². The molecule has 0 unspecified atom stereocenters. The summed E-state index contributed by atoms with van der Waals surface area (Å²) in [6.07, 6.45) is 5.34. The summed E-state index contributed by atoms with van der Waals surface area (Å²) >= 11 is 0. The molecular formula is C14H16N4O2. The van der Waals surface area contributed by atoms with Crippen LogP contribution in [0.2, 0.25) is 0 Å². The Balaban J connectivity index is 1.64. The number of fused-ring (bicyclic) bond motifs is 1. The molecule has 2 aliphatic heterocycles. The molecule has 0 amide bonds. The van der Waals surface area contributed by atoms with Crippen LogP contribution in [-0.4, -0.2) is 47.0 Å². The molecule has 2 saturated heterocycles. The molecule has 4 heterocycles. The zero-order chi connectivity index (χ0) is 13.4. The molecule has 2 fully saturated rings. The van der Waals surface area contributed by atoms with Gasteiger partial charge < -0.3 is 14.4 Å². The summed E-state index contributed by atoms with van der Waals surface area (Å²) in [6, 6.07) is 3.95. The minimum Gasteiger partial charge on any atom is -0.351 e. The topological polar surface area (TPSA) is 60.4 Å². The molecule has 2 aromatic heterocycles. The van der Waals surface area contributed by atoms with Crippen LogP contribution in [0.1, 0.15) is 12.8 Å². The second-order valence-corrected chi connectivity index (χ2v) is 5.20. The minimum absolute atomic E-state index is 0.433. The molecule has 0 N–H and O–H groups in total. The molecule has 0 saturated carbocycles. The van der Waals surface area contributed by atoms with Crippen molar-refractivity contribution in [3.05, 3.63) is 24.5 Å². The van der Waals surface area contributed by atoms with Gasteiger partial charge in [0, 0.05) is 25.4 Å². The van der Waals surface area contributed by atoms with Crippen LogP contribution >= 0.6 is 0 Å². The maximum absolute atomic E-state index is 5.80. The van der Waals surface area contributed by atoms with Crippen molar-refractivity contribution in [3.8, 4) is 0 Å². The van der Waals surface area contributed by atoms with Gasteiger partial charge in [0.05, 0.1) is 19.8 Å². The second-order valence-electron chi connectivity index (χ2n) is 5.20. The van der Waals surface area contributed by atoms with Crippen molar-refractivity contribution >= 4 is 17.0 Å². The molecule has 4 rings (SSSR count). The van der Waals surface area contributed by atoms with E-state index < -0.39 is 5.79 Å². The number of piperidine rings is 1. The van der Waals surface area contributed by atoms with Crippen LogP contribution in [0.5, 0.6) is 0 Å². The normalized spacial score (nSPS) is 21.7. The van der Waals surface area contributed by atoms with Gasteiger partial charge in [-0.25, -0.2) is 9.97 Å². The first-order valence-corrected chi connectivity index (χ1v) is 6.95. The first-order chi connectivity index (χ1) is 9.85. The number of ether oxygens (including phenoxy) is 2. The monoisotopic (exact) mass is 272 g/mol. The maximum Gasteiger partial charge on any atom is 0.186 e. The van der Waals surface area contributed by atoms with Gasteiger partial charge in [0.15, 0.2) is 11.4 Å². The van der Waals surface area contributed by atoms with Crippen molar-refractivity contribution in [2.24, 2.45) is 0 Å². The number of hydrogen-bond acceptors (Lipinski definition) is 6. The average molecular weight is 272 g/mol. The van der Waals surface area contributed by atoms with Crippen LogP contribution in [0.15, 0.2) is 24.5 Å². The Bertz CT molecular complexity index is 627. The third-order valence-electron chi connectivity index (χ3n) is 3.87. The molecule has 0 bridgehead atoms. The van der Waals surface area contributed by atoms with Crippen LogP contribution in [0, 0.1) is 0 Å². The molecule has 104 valence electrons. The SMILES string of the molecule is c1cnc2nc(N3CCCC4(C3)OCCO4)ccc2n1. The fraction of sp³-hybridized carbons (Fsp3) is 0.500. The standard InChI is InChI=1S/C14H16N4O2/c1-4-14(19-8-9-20-14)10-18(7-1)12-3-2-11-13(17-12)16-6-5-15-11/h2-3,5-6H,1,4,7-10H2. The quantitative estimate of drug-likeness (QED) is 0.781. The van der Waals surface area contributed by atoms with Crippen molar-refractivity contribution < 1.29 is 9.47 Å². The van der Waals surface area contributed by atoms with E-state index in [-0.39, 0.29) is 0 Å². The molecule has 0 radical (unpaired) electrons. The van der Waals surface area contributed by atoms with Gasteiger partial charge in [-0.2, -0.15) is 0 Å². The highest BCUT2D eigenvalue weighted by Gasteiger charge is 2.41. The number of rotatable bonds is 1. The predicted octanol–water partition coefficient (Wildman–Crippen LogP) is 1.37. The summed E-state index contributed by atoms with van der Waals surface area (Å²) in [5.41, 5.74) is 1.49.